The maximum atomic E-state index is 3.57. The van der Waals surface area contributed by atoms with E-state index in [0.29, 0.717) is 0 Å². The summed E-state index contributed by atoms with van der Waals surface area (Å²) in [5.74, 6) is 0.723. The Kier molecular flexibility index (Phi) is 3.47. The molecule has 0 radical (unpaired) electrons. The summed E-state index contributed by atoms with van der Waals surface area (Å²) in [7, 11) is 4.32. The molecule has 0 fully saturated rings. The zero-order chi connectivity index (χ0) is 10.8. The van der Waals surface area contributed by atoms with Gasteiger partial charge in [-0.15, -0.1) is 0 Å². The summed E-state index contributed by atoms with van der Waals surface area (Å²) in [5, 5.41) is 0. The highest BCUT2D eigenvalue weighted by molar-refractivity contribution is 9.10. The molecule has 1 unspecified atom stereocenters. The standard InChI is InChI=1S/C13H18BrN/c1-15(2)9-11-5-3-4-10-6-7-12(14)8-13(10)11/h6-8,11H,3-5,9H2,1-2H3. The molecule has 1 aromatic carbocycles. The van der Waals surface area contributed by atoms with Crippen molar-refractivity contribution in [2.24, 2.45) is 0 Å². The Morgan fingerprint density at radius 1 is 1.40 bits per heavy atom. The summed E-state index contributed by atoms with van der Waals surface area (Å²) in [6.45, 7) is 1.17. The van der Waals surface area contributed by atoms with Gasteiger partial charge in [-0.1, -0.05) is 22.0 Å². The summed E-state index contributed by atoms with van der Waals surface area (Å²) < 4.78 is 1.21. The Bertz CT molecular complexity index is 346. The molecule has 2 heteroatoms. The number of hydrogen-bond donors (Lipinski definition) is 0. The van der Waals surface area contributed by atoms with Crippen molar-refractivity contribution in [2.75, 3.05) is 20.6 Å². The van der Waals surface area contributed by atoms with Gasteiger partial charge in [0.1, 0.15) is 0 Å². The summed E-state index contributed by atoms with van der Waals surface area (Å²) in [4.78, 5) is 2.29. The molecule has 0 saturated heterocycles. The normalized spacial score (nSPS) is 20.4. The average molecular weight is 268 g/mol. The van der Waals surface area contributed by atoms with Gasteiger partial charge >= 0.3 is 0 Å². The molecule has 0 spiro atoms. The van der Waals surface area contributed by atoms with E-state index < -0.39 is 0 Å². The van der Waals surface area contributed by atoms with Crippen LogP contribution in [0, 0.1) is 0 Å². The molecule has 1 atom stereocenters. The lowest BCUT2D eigenvalue weighted by molar-refractivity contribution is 0.352. The van der Waals surface area contributed by atoms with Gasteiger partial charge in [-0.25, -0.2) is 0 Å². The Hall–Kier alpha value is -0.340. The first-order valence-corrected chi connectivity index (χ1v) is 6.39. The Morgan fingerprint density at radius 2 is 2.20 bits per heavy atom. The lowest BCUT2D eigenvalue weighted by Crippen LogP contribution is -2.23. The predicted octanol–water partition coefficient (Wildman–Crippen LogP) is 3.43. The first-order chi connectivity index (χ1) is 7.16. The fourth-order valence-corrected chi connectivity index (χ4v) is 2.88. The lowest BCUT2D eigenvalue weighted by atomic mass is 9.82. The van der Waals surface area contributed by atoms with Gasteiger partial charge in [-0.05, 0) is 62.5 Å². The first kappa shape index (κ1) is 11.2. The van der Waals surface area contributed by atoms with E-state index in [9.17, 15) is 0 Å². The molecule has 0 saturated carbocycles. The van der Waals surface area contributed by atoms with Crippen molar-refractivity contribution in [3.8, 4) is 0 Å². The second kappa shape index (κ2) is 4.67. The van der Waals surface area contributed by atoms with E-state index in [4.69, 9.17) is 0 Å². The second-order valence-electron chi connectivity index (χ2n) is 4.69. The molecule has 1 nitrogen and oxygen atoms in total. The van der Waals surface area contributed by atoms with E-state index in [1.807, 2.05) is 0 Å². The van der Waals surface area contributed by atoms with Crippen molar-refractivity contribution in [3.05, 3.63) is 33.8 Å². The molecule has 0 heterocycles. The van der Waals surface area contributed by atoms with Crippen LogP contribution in [0.3, 0.4) is 0 Å². The van der Waals surface area contributed by atoms with Crippen molar-refractivity contribution in [2.45, 2.75) is 25.2 Å². The van der Waals surface area contributed by atoms with Crippen molar-refractivity contribution in [1.82, 2.24) is 4.90 Å². The van der Waals surface area contributed by atoms with Crippen LogP contribution < -0.4 is 0 Å². The first-order valence-electron chi connectivity index (χ1n) is 5.60. The van der Waals surface area contributed by atoms with Gasteiger partial charge in [0.15, 0.2) is 0 Å². The fraction of sp³-hybridized carbons (Fsp3) is 0.538. The molecule has 0 aromatic heterocycles. The molecule has 82 valence electrons. The van der Waals surface area contributed by atoms with E-state index in [-0.39, 0.29) is 0 Å². The maximum absolute atomic E-state index is 3.57. The monoisotopic (exact) mass is 267 g/mol. The summed E-state index contributed by atoms with van der Waals surface area (Å²) in [6.07, 6.45) is 3.93. The number of likely N-dealkylation sites (N-methyl/N-ethyl adjacent to an activating group) is 1. The number of rotatable bonds is 2. The summed E-state index contributed by atoms with van der Waals surface area (Å²) >= 11 is 3.57. The minimum absolute atomic E-state index is 0.723. The number of hydrogen-bond acceptors (Lipinski definition) is 1. The molecule has 1 aliphatic rings. The van der Waals surface area contributed by atoms with Gasteiger partial charge in [0, 0.05) is 11.0 Å². The Balaban J connectivity index is 2.28. The quantitative estimate of drug-likeness (QED) is 0.794. The molecule has 1 aromatic rings. The van der Waals surface area contributed by atoms with Crippen LogP contribution in [0.25, 0.3) is 0 Å². The molecular formula is C13H18BrN. The van der Waals surface area contributed by atoms with Crippen LogP contribution in [0.4, 0.5) is 0 Å². The number of halogens is 1. The van der Waals surface area contributed by atoms with E-state index in [1.165, 1.54) is 30.3 Å². The lowest BCUT2D eigenvalue weighted by Gasteiger charge is -2.28. The highest BCUT2D eigenvalue weighted by Crippen LogP contribution is 2.33. The molecule has 0 bridgehead atoms. The minimum atomic E-state index is 0.723. The summed E-state index contributed by atoms with van der Waals surface area (Å²) in [5.41, 5.74) is 3.11. The van der Waals surface area contributed by atoms with Crippen molar-refractivity contribution >= 4 is 15.9 Å². The largest absolute Gasteiger partial charge is 0.309 e. The highest BCUT2D eigenvalue weighted by atomic mass is 79.9. The van der Waals surface area contributed by atoms with Crippen molar-refractivity contribution < 1.29 is 0 Å². The van der Waals surface area contributed by atoms with Crippen LogP contribution in [0.2, 0.25) is 0 Å². The second-order valence-corrected chi connectivity index (χ2v) is 5.61. The Morgan fingerprint density at radius 3 is 2.93 bits per heavy atom. The molecule has 2 rings (SSSR count). The minimum Gasteiger partial charge on any atom is -0.309 e. The van der Waals surface area contributed by atoms with E-state index in [0.717, 1.165) is 5.92 Å². The topological polar surface area (TPSA) is 3.24 Å². The van der Waals surface area contributed by atoms with Gasteiger partial charge in [0.2, 0.25) is 0 Å². The highest BCUT2D eigenvalue weighted by Gasteiger charge is 2.20. The SMILES string of the molecule is CN(C)CC1CCCc2ccc(Br)cc21. The van der Waals surface area contributed by atoms with E-state index >= 15 is 0 Å². The van der Waals surface area contributed by atoms with Crippen LogP contribution in [0.1, 0.15) is 29.9 Å². The Labute approximate surface area is 101 Å². The van der Waals surface area contributed by atoms with Crippen LogP contribution in [-0.2, 0) is 6.42 Å². The van der Waals surface area contributed by atoms with Crippen molar-refractivity contribution in [1.29, 1.82) is 0 Å². The van der Waals surface area contributed by atoms with E-state index in [2.05, 4.69) is 53.1 Å². The van der Waals surface area contributed by atoms with Gasteiger partial charge < -0.3 is 4.90 Å². The van der Waals surface area contributed by atoms with Gasteiger partial charge in [-0.3, -0.25) is 0 Å². The molecule has 0 N–H and O–H groups in total. The van der Waals surface area contributed by atoms with Gasteiger partial charge in [0.25, 0.3) is 0 Å². The number of fused-ring (bicyclic) bond motifs is 1. The van der Waals surface area contributed by atoms with Crippen LogP contribution in [0.15, 0.2) is 22.7 Å². The van der Waals surface area contributed by atoms with Gasteiger partial charge in [-0.2, -0.15) is 0 Å². The third kappa shape index (κ3) is 2.61. The van der Waals surface area contributed by atoms with E-state index in [1.54, 1.807) is 11.1 Å². The number of aryl methyl sites for hydroxylation is 1. The molecule has 0 aliphatic heterocycles. The zero-order valence-electron chi connectivity index (χ0n) is 9.46. The number of benzene rings is 1. The fourth-order valence-electron chi connectivity index (χ4n) is 2.50. The van der Waals surface area contributed by atoms with Crippen LogP contribution >= 0.6 is 15.9 Å². The zero-order valence-corrected chi connectivity index (χ0v) is 11.0. The maximum Gasteiger partial charge on any atom is 0.0178 e. The molecular weight excluding hydrogens is 250 g/mol. The average Bonchev–Trinajstić information content (AvgIpc) is 2.18. The third-order valence-corrected chi connectivity index (χ3v) is 3.63. The van der Waals surface area contributed by atoms with Crippen LogP contribution in [0.5, 0.6) is 0 Å². The van der Waals surface area contributed by atoms with Crippen molar-refractivity contribution in [3.63, 3.8) is 0 Å². The molecule has 15 heavy (non-hydrogen) atoms. The van der Waals surface area contributed by atoms with Crippen LogP contribution in [-0.4, -0.2) is 25.5 Å². The third-order valence-electron chi connectivity index (χ3n) is 3.13. The number of nitrogens with zero attached hydrogens (tertiary/aromatic N) is 1. The predicted molar refractivity (Wildman–Crippen MR) is 68.4 cm³/mol. The molecule has 0 amide bonds. The molecule has 1 aliphatic carbocycles. The van der Waals surface area contributed by atoms with Gasteiger partial charge in [0.05, 0.1) is 0 Å². The smallest absolute Gasteiger partial charge is 0.0178 e. The summed E-state index contributed by atoms with van der Waals surface area (Å²) in [6, 6.07) is 6.75.